The fourth-order valence-corrected chi connectivity index (χ4v) is 3.08. The lowest BCUT2D eigenvalue weighted by Crippen LogP contribution is -2.27. The first-order valence-electron chi connectivity index (χ1n) is 5.13. The van der Waals surface area contributed by atoms with Gasteiger partial charge in [0.05, 0.1) is 17.8 Å². The van der Waals surface area contributed by atoms with E-state index in [-0.39, 0.29) is 11.7 Å². The van der Waals surface area contributed by atoms with Gasteiger partial charge in [-0.1, -0.05) is 0 Å². The number of halogens is 1. The van der Waals surface area contributed by atoms with Crippen LogP contribution in [0, 0.1) is 0 Å². The van der Waals surface area contributed by atoms with Gasteiger partial charge in [0.2, 0.25) is 10.0 Å². The average Bonchev–Trinajstić information content (AvgIpc) is 2.70. The molecule has 0 unspecified atom stereocenters. The number of Topliss-reactive ketones (excluding diaryl/α,β-unsaturated/α-hetero) is 1. The Bertz CT molecular complexity index is 568. The second-order valence-corrected chi connectivity index (χ2v) is 6.16. The first-order chi connectivity index (χ1) is 7.93. The maximum absolute atomic E-state index is 11.5. The lowest BCUT2D eigenvalue weighted by atomic mass is 10.1. The summed E-state index contributed by atoms with van der Waals surface area (Å²) in [6, 6.07) is 5.02. The number of anilines is 1. The van der Waals surface area contributed by atoms with Crippen LogP contribution in [0.4, 0.5) is 5.69 Å². The molecule has 0 radical (unpaired) electrons. The number of ketones is 1. The highest BCUT2D eigenvalue weighted by Gasteiger charge is 2.26. The molecule has 92 valence electrons. The molecule has 6 heteroatoms. The van der Waals surface area contributed by atoms with Crippen LogP contribution in [0.15, 0.2) is 18.2 Å². The quantitative estimate of drug-likeness (QED) is 0.618. The summed E-state index contributed by atoms with van der Waals surface area (Å²) in [4.78, 5) is 11.4. The summed E-state index contributed by atoms with van der Waals surface area (Å²) in [5, 5.41) is 0. The topological polar surface area (TPSA) is 54.5 Å². The van der Waals surface area contributed by atoms with E-state index in [1.165, 1.54) is 10.6 Å². The van der Waals surface area contributed by atoms with Crippen molar-refractivity contribution >= 4 is 33.1 Å². The molecule has 2 rings (SSSR count). The summed E-state index contributed by atoms with van der Waals surface area (Å²) in [5.74, 6) is -0.207. The third kappa shape index (κ3) is 2.30. The predicted molar refractivity (Wildman–Crippen MR) is 67.4 cm³/mol. The molecule has 0 aromatic heterocycles. The first-order valence-corrected chi connectivity index (χ1v) is 7.51. The van der Waals surface area contributed by atoms with Gasteiger partial charge in [0.25, 0.3) is 0 Å². The standard InChI is InChI=1S/C11H12ClNO3S/c1-17(15,16)13-5-4-8-6-9(11(14)7-12)2-3-10(8)13/h2-3,6H,4-5,7H2,1H3. The van der Waals surface area contributed by atoms with Gasteiger partial charge in [-0.05, 0) is 30.2 Å². The van der Waals surface area contributed by atoms with Crippen LogP contribution < -0.4 is 4.31 Å². The van der Waals surface area contributed by atoms with E-state index in [1.54, 1.807) is 18.2 Å². The van der Waals surface area contributed by atoms with Gasteiger partial charge in [-0.2, -0.15) is 0 Å². The molecular weight excluding hydrogens is 262 g/mol. The summed E-state index contributed by atoms with van der Waals surface area (Å²) in [7, 11) is -3.23. The molecular formula is C11H12ClNO3S. The van der Waals surface area contributed by atoms with Crippen molar-refractivity contribution in [2.75, 3.05) is 23.0 Å². The van der Waals surface area contributed by atoms with Crippen LogP contribution in [-0.2, 0) is 16.4 Å². The maximum Gasteiger partial charge on any atom is 0.232 e. The minimum atomic E-state index is -3.23. The van der Waals surface area contributed by atoms with Gasteiger partial charge >= 0.3 is 0 Å². The van der Waals surface area contributed by atoms with E-state index in [2.05, 4.69) is 0 Å². The number of carbonyl (C=O) groups is 1. The molecule has 0 atom stereocenters. The number of hydrogen-bond acceptors (Lipinski definition) is 3. The molecule has 4 nitrogen and oxygen atoms in total. The fourth-order valence-electron chi connectivity index (χ4n) is 1.97. The number of nitrogens with zero attached hydrogens (tertiary/aromatic N) is 1. The monoisotopic (exact) mass is 273 g/mol. The highest BCUT2D eigenvalue weighted by atomic mass is 35.5. The summed E-state index contributed by atoms with van der Waals surface area (Å²) in [5.41, 5.74) is 2.08. The molecule has 0 saturated carbocycles. The Morgan fingerprint density at radius 2 is 2.18 bits per heavy atom. The highest BCUT2D eigenvalue weighted by molar-refractivity contribution is 7.92. The van der Waals surface area contributed by atoms with Crippen molar-refractivity contribution < 1.29 is 13.2 Å². The van der Waals surface area contributed by atoms with Crippen LogP contribution in [0.5, 0.6) is 0 Å². The van der Waals surface area contributed by atoms with E-state index in [1.807, 2.05) is 0 Å². The van der Waals surface area contributed by atoms with E-state index in [0.29, 0.717) is 24.2 Å². The molecule has 0 spiro atoms. The molecule has 1 heterocycles. The summed E-state index contributed by atoms with van der Waals surface area (Å²) < 4.78 is 24.4. The van der Waals surface area contributed by atoms with Gasteiger partial charge < -0.3 is 0 Å². The smallest absolute Gasteiger partial charge is 0.232 e. The Morgan fingerprint density at radius 1 is 1.47 bits per heavy atom. The highest BCUT2D eigenvalue weighted by Crippen LogP contribution is 2.30. The summed E-state index contributed by atoms with van der Waals surface area (Å²) >= 11 is 5.48. The van der Waals surface area contributed by atoms with Gasteiger partial charge in [-0.3, -0.25) is 9.10 Å². The Labute approximate surface area is 105 Å². The number of sulfonamides is 1. The van der Waals surface area contributed by atoms with E-state index < -0.39 is 10.0 Å². The molecule has 1 aromatic carbocycles. The minimum Gasteiger partial charge on any atom is -0.293 e. The molecule has 1 aromatic rings. The summed E-state index contributed by atoms with van der Waals surface area (Å²) in [6.45, 7) is 0.437. The van der Waals surface area contributed by atoms with Crippen molar-refractivity contribution in [3.05, 3.63) is 29.3 Å². The van der Waals surface area contributed by atoms with Gasteiger partial charge in [-0.25, -0.2) is 8.42 Å². The van der Waals surface area contributed by atoms with E-state index in [0.717, 1.165) is 5.56 Å². The van der Waals surface area contributed by atoms with Crippen molar-refractivity contribution in [1.82, 2.24) is 0 Å². The van der Waals surface area contributed by atoms with Gasteiger partial charge in [-0.15, -0.1) is 11.6 Å². The zero-order chi connectivity index (χ0) is 12.6. The predicted octanol–water partition coefficient (Wildman–Crippen LogP) is 1.43. The van der Waals surface area contributed by atoms with Crippen molar-refractivity contribution in [1.29, 1.82) is 0 Å². The maximum atomic E-state index is 11.5. The zero-order valence-corrected chi connectivity index (χ0v) is 10.9. The van der Waals surface area contributed by atoms with Crippen molar-refractivity contribution in [2.24, 2.45) is 0 Å². The number of alkyl halides is 1. The van der Waals surface area contributed by atoms with Crippen LogP contribution in [0.3, 0.4) is 0 Å². The van der Waals surface area contributed by atoms with Crippen molar-refractivity contribution in [2.45, 2.75) is 6.42 Å². The Kier molecular flexibility index (Phi) is 3.14. The van der Waals surface area contributed by atoms with E-state index in [4.69, 9.17) is 11.6 Å². The molecule has 1 aliphatic rings. The molecule has 0 amide bonds. The van der Waals surface area contributed by atoms with Crippen molar-refractivity contribution in [3.63, 3.8) is 0 Å². The van der Waals surface area contributed by atoms with Crippen LogP contribution in [0.2, 0.25) is 0 Å². The second-order valence-electron chi connectivity index (χ2n) is 3.99. The van der Waals surface area contributed by atoms with Crippen LogP contribution in [-0.4, -0.2) is 32.9 Å². The fraction of sp³-hybridized carbons (Fsp3) is 0.364. The SMILES string of the molecule is CS(=O)(=O)N1CCc2cc(C(=O)CCl)ccc21. The Morgan fingerprint density at radius 3 is 2.76 bits per heavy atom. The average molecular weight is 274 g/mol. The Balaban J connectivity index is 2.42. The number of fused-ring (bicyclic) bond motifs is 1. The summed E-state index contributed by atoms with van der Waals surface area (Å²) in [6.07, 6.45) is 1.81. The lowest BCUT2D eigenvalue weighted by Gasteiger charge is -2.16. The molecule has 1 aliphatic heterocycles. The van der Waals surface area contributed by atoms with Crippen LogP contribution in [0.1, 0.15) is 15.9 Å². The third-order valence-electron chi connectivity index (χ3n) is 2.78. The largest absolute Gasteiger partial charge is 0.293 e. The van der Waals surface area contributed by atoms with E-state index in [9.17, 15) is 13.2 Å². The number of rotatable bonds is 3. The molecule has 0 N–H and O–H groups in total. The number of hydrogen-bond donors (Lipinski definition) is 0. The molecule has 0 saturated heterocycles. The first kappa shape index (κ1) is 12.4. The number of carbonyl (C=O) groups excluding carboxylic acids is 1. The lowest BCUT2D eigenvalue weighted by molar-refractivity contribution is 0.102. The third-order valence-corrected chi connectivity index (χ3v) is 4.20. The van der Waals surface area contributed by atoms with Gasteiger partial charge in [0.15, 0.2) is 5.78 Å². The molecule has 0 bridgehead atoms. The van der Waals surface area contributed by atoms with Crippen LogP contribution in [0.25, 0.3) is 0 Å². The zero-order valence-electron chi connectivity index (χ0n) is 9.31. The number of benzene rings is 1. The van der Waals surface area contributed by atoms with Gasteiger partial charge in [0, 0.05) is 12.1 Å². The normalized spacial score (nSPS) is 14.8. The minimum absolute atomic E-state index is 0.0609. The Hall–Kier alpha value is -1.07. The van der Waals surface area contributed by atoms with Crippen LogP contribution >= 0.6 is 11.6 Å². The molecule has 0 aliphatic carbocycles. The van der Waals surface area contributed by atoms with E-state index >= 15 is 0 Å². The second kappa shape index (κ2) is 4.31. The van der Waals surface area contributed by atoms with Crippen molar-refractivity contribution in [3.8, 4) is 0 Å². The molecule has 0 fully saturated rings. The molecule has 17 heavy (non-hydrogen) atoms. The van der Waals surface area contributed by atoms with Gasteiger partial charge in [0.1, 0.15) is 0 Å².